The second kappa shape index (κ2) is 12.5. The molecule has 2 saturated heterocycles. The highest BCUT2D eigenvalue weighted by Crippen LogP contribution is 2.43. The Morgan fingerprint density at radius 2 is 1.40 bits per heavy atom. The molecule has 16 nitrogen and oxygen atoms in total. The van der Waals surface area contributed by atoms with Crippen molar-refractivity contribution in [3.63, 3.8) is 0 Å². The Hall–Kier alpha value is -3.00. The second-order valence-corrected chi connectivity index (χ2v) is 10.6. The molecule has 43 heavy (non-hydrogen) atoms. The van der Waals surface area contributed by atoms with E-state index in [1.807, 2.05) is 0 Å². The highest BCUT2D eigenvalue weighted by atomic mass is 16.7. The number of rotatable bonds is 7. The zero-order valence-electron chi connectivity index (χ0n) is 22.4. The van der Waals surface area contributed by atoms with Gasteiger partial charge in [0.25, 0.3) is 0 Å². The molecule has 11 N–H and O–H groups in total. The Labute approximate surface area is 243 Å². The predicted octanol–water partition coefficient (Wildman–Crippen LogP) is -3.16. The molecule has 0 saturated carbocycles. The van der Waals surface area contributed by atoms with Gasteiger partial charge in [0, 0.05) is 24.1 Å². The van der Waals surface area contributed by atoms with E-state index in [1.54, 1.807) is 0 Å². The molecule has 0 aromatic heterocycles. The lowest BCUT2D eigenvalue weighted by Gasteiger charge is -2.45. The Balaban J connectivity index is 1.32. The number of hydrogen-bond donors (Lipinski definition) is 11. The van der Waals surface area contributed by atoms with Crippen LogP contribution in [-0.4, -0.2) is 137 Å². The van der Waals surface area contributed by atoms with E-state index in [-0.39, 0.29) is 29.4 Å². The van der Waals surface area contributed by atoms with Crippen LogP contribution in [0.2, 0.25) is 0 Å². The fourth-order valence-corrected chi connectivity index (χ4v) is 5.33. The van der Waals surface area contributed by atoms with E-state index < -0.39 is 92.6 Å². The molecule has 0 spiro atoms. The molecule has 2 aromatic rings. The van der Waals surface area contributed by atoms with E-state index in [2.05, 4.69) is 0 Å². The van der Waals surface area contributed by atoms with Crippen LogP contribution < -0.4 is 9.47 Å². The first kappa shape index (κ1) is 31.4. The molecule has 0 aliphatic carbocycles. The first-order chi connectivity index (χ1) is 20.4. The maximum absolute atomic E-state index is 11.0. The highest BCUT2D eigenvalue weighted by molar-refractivity contribution is 5.52. The standard InChI is InChI=1S/C27H34O16/c28-7-17-19(34)21(36)22(37)26(41-17)43-25-20(35)18(8-29)42-27(23(25)38)40-15-2-1-9(3-13(15)32)24-14(33)6-11-12(31)4-10(30)5-16(11)39-24/h1-5,14,17-38H,6-8H2/t14-,17-,18-,19-,20-,21+,22-,23-,24+,25+,26-,27+/m1/s1. The van der Waals surface area contributed by atoms with Gasteiger partial charge in [0.2, 0.25) is 6.29 Å². The van der Waals surface area contributed by atoms with Gasteiger partial charge in [-0.1, -0.05) is 6.07 Å². The fraction of sp³-hybridized carbons (Fsp3) is 0.556. The van der Waals surface area contributed by atoms with Gasteiger partial charge >= 0.3 is 0 Å². The maximum Gasteiger partial charge on any atom is 0.229 e. The third kappa shape index (κ3) is 6.04. The highest BCUT2D eigenvalue weighted by Gasteiger charge is 2.51. The number of aliphatic hydroxyl groups excluding tert-OH is 8. The van der Waals surface area contributed by atoms with Crippen LogP contribution in [0.25, 0.3) is 0 Å². The van der Waals surface area contributed by atoms with Crippen molar-refractivity contribution in [2.45, 2.75) is 80.0 Å². The Bertz CT molecular complexity index is 1270. The molecule has 3 aliphatic heterocycles. The first-order valence-electron chi connectivity index (χ1n) is 13.4. The molecule has 0 unspecified atom stereocenters. The number of hydrogen-bond acceptors (Lipinski definition) is 16. The van der Waals surface area contributed by atoms with Gasteiger partial charge in [-0.25, -0.2) is 0 Å². The minimum Gasteiger partial charge on any atom is -0.508 e. The normalized spacial score (nSPS) is 37.8. The number of benzene rings is 2. The number of fused-ring (bicyclic) bond motifs is 1. The molecule has 238 valence electrons. The average Bonchev–Trinajstić information content (AvgIpc) is 2.97. The van der Waals surface area contributed by atoms with Crippen molar-refractivity contribution < 1.29 is 79.9 Å². The SMILES string of the molecule is OC[C@H]1O[C@H](O[C@@H]2[C@@H](O)[C@@H](Oc3ccc([C@@H]4Oc5cc(O)cc(O)c5C[C@H]4O)cc3O)O[C@H](CO)[C@H]2O)[C@H](O)[C@@H](O)[C@@H]1O. The van der Waals surface area contributed by atoms with Crippen molar-refractivity contribution >= 4 is 0 Å². The Kier molecular flexibility index (Phi) is 9.17. The topological polar surface area (TPSA) is 269 Å². The van der Waals surface area contributed by atoms with Crippen molar-refractivity contribution in [3.05, 3.63) is 41.5 Å². The van der Waals surface area contributed by atoms with Crippen molar-refractivity contribution in [1.82, 2.24) is 0 Å². The summed E-state index contributed by atoms with van der Waals surface area (Å²) in [5, 5.41) is 112. The van der Waals surface area contributed by atoms with Gasteiger partial charge in [-0.2, -0.15) is 0 Å². The quantitative estimate of drug-likeness (QED) is 0.147. The predicted molar refractivity (Wildman–Crippen MR) is 138 cm³/mol. The van der Waals surface area contributed by atoms with Gasteiger partial charge < -0.3 is 79.9 Å². The van der Waals surface area contributed by atoms with Crippen molar-refractivity contribution in [2.24, 2.45) is 0 Å². The van der Waals surface area contributed by atoms with E-state index in [9.17, 15) is 56.2 Å². The number of phenolic OH excluding ortho intramolecular Hbond substituents is 3. The third-order valence-electron chi connectivity index (χ3n) is 7.70. The van der Waals surface area contributed by atoms with Gasteiger partial charge in [-0.3, -0.25) is 0 Å². The van der Waals surface area contributed by atoms with Crippen LogP contribution in [0.4, 0.5) is 0 Å². The summed E-state index contributed by atoms with van der Waals surface area (Å²) in [6.07, 6.45) is -18.8. The lowest BCUT2D eigenvalue weighted by molar-refractivity contribution is -0.352. The number of ether oxygens (including phenoxy) is 5. The monoisotopic (exact) mass is 614 g/mol. The van der Waals surface area contributed by atoms with Crippen LogP contribution >= 0.6 is 0 Å². The van der Waals surface area contributed by atoms with Crippen molar-refractivity contribution in [3.8, 4) is 28.7 Å². The van der Waals surface area contributed by atoms with Crippen LogP contribution in [-0.2, 0) is 20.6 Å². The second-order valence-electron chi connectivity index (χ2n) is 10.6. The fourth-order valence-electron chi connectivity index (χ4n) is 5.33. The van der Waals surface area contributed by atoms with Gasteiger partial charge in [-0.15, -0.1) is 0 Å². The lowest BCUT2D eigenvalue weighted by atomic mass is 9.94. The summed E-state index contributed by atoms with van der Waals surface area (Å²) in [4.78, 5) is 0. The van der Waals surface area contributed by atoms with Crippen LogP contribution in [0, 0.1) is 0 Å². The van der Waals surface area contributed by atoms with Gasteiger partial charge in [0.15, 0.2) is 17.8 Å². The summed E-state index contributed by atoms with van der Waals surface area (Å²) in [6.45, 7) is -1.51. The van der Waals surface area contributed by atoms with Crippen LogP contribution in [0.3, 0.4) is 0 Å². The average molecular weight is 615 g/mol. The van der Waals surface area contributed by atoms with E-state index in [1.165, 1.54) is 24.3 Å². The summed E-state index contributed by atoms with van der Waals surface area (Å²) in [7, 11) is 0. The molecular formula is C27H34O16. The molecule has 3 aliphatic rings. The summed E-state index contributed by atoms with van der Waals surface area (Å²) in [6, 6.07) is 6.33. The first-order valence-corrected chi connectivity index (χ1v) is 13.4. The maximum atomic E-state index is 11.0. The van der Waals surface area contributed by atoms with E-state index in [4.69, 9.17) is 23.7 Å². The number of phenols is 3. The molecule has 3 heterocycles. The Morgan fingerprint density at radius 1 is 0.721 bits per heavy atom. The van der Waals surface area contributed by atoms with Gasteiger partial charge in [0.05, 0.1) is 19.3 Å². The van der Waals surface area contributed by atoms with Crippen molar-refractivity contribution in [1.29, 1.82) is 0 Å². The molecule has 0 radical (unpaired) electrons. The molecule has 5 rings (SSSR count). The van der Waals surface area contributed by atoms with E-state index in [0.29, 0.717) is 11.1 Å². The van der Waals surface area contributed by atoms with Gasteiger partial charge in [0.1, 0.15) is 72.2 Å². The largest absolute Gasteiger partial charge is 0.508 e. The Morgan fingerprint density at radius 3 is 2.07 bits per heavy atom. The zero-order chi connectivity index (χ0) is 31.2. The van der Waals surface area contributed by atoms with E-state index >= 15 is 0 Å². The third-order valence-corrected chi connectivity index (χ3v) is 7.70. The van der Waals surface area contributed by atoms with Crippen molar-refractivity contribution in [2.75, 3.05) is 13.2 Å². The smallest absolute Gasteiger partial charge is 0.229 e. The number of aliphatic hydroxyl groups is 8. The summed E-state index contributed by atoms with van der Waals surface area (Å²) >= 11 is 0. The molecule has 0 amide bonds. The summed E-state index contributed by atoms with van der Waals surface area (Å²) in [5.41, 5.74) is 0.596. The summed E-state index contributed by atoms with van der Waals surface area (Å²) < 4.78 is 27.7. The molecule has 16 heteroatoms. The molecule has 0 bridgehead atoms. The molecule has 2 aromatic carbocycles. The summed E-state index contributed by atoms with van der Waals surface area (Å²) in [5.74, 6) is -1.06. The molecule has 12 atom stereocenters. The van der Waals surface area contributed by atoms with Gasteiger partial charge in [-0.05, 0) is 17.7 Å². The molecule has 2 fully saturated rings. The minimum atomic E-state index is -1.85. The van der Waals surface area contributed by atoms with Crippen LogP contribution in [0.15, 0.2) is 30.3 Å². The van der Waals surface area contributed by atoms with E-state index in [0.717, 1.165) is 6.07 Å². The molecular weight excluding hydrogens is 580 g/mol. The van der Waals surface area contributed by atoms with Crippen LogP contribution in [0.1, 0.15) is 17.2 Å². The van der Waals surface area contributed by atoms with Crippen LogP contribution in [0.5, 0.6) is 28.7 Å². The minimum absolute atomic E-state index is 0.00601. The lowest BCUT2D eigenvalue weighted by Crippen LogP contribution is -2.65. The number of aromatic hydroxyl groups is 3. The zero-order valence-corrected chi connectivity index (χ0v) is 22.4.